The molecule has 0 heterocycles. The third kappa shape index (κ3) is 3.74. The van der Waals surface area contributed by atoms with Crippen LogP contribution in [0.15, 0.2) is 24.3 Å². The van der Waals surface area contributed by atoms with Crippen molar-refractivity contribution in [3.8, 4) is 11.5 Å². The number of hydrogen-bond acceptors (Lipinski definition) is 3. The number of methoxy groups -OCH3 is 1. The van der Waals surface area contributed by atoms with Gasteiger partial charge in [0.05, 0.1) is 13.7 Å². The third-order valence-electron chi connectivity index (χ3n) is 3.33. The second-order valence-electron chi connectivity index (χ2n) is 4.68. The molecule has 0 aromatic heterocycles. The number of benzene rings is 1. The van der Waals surface area contributed by atoms with Crippen molar-refractivity contribution >= 4 is 12.0 Å². The first kappa shape index (κ1) is 13.5. The first-order valence-corrected chi connectivity index (χ1v) is 6.41. The Morgan fingerprint density at radius 3 is 2.84 bits per heavy atom. The smallest absolute Gasteiger partial charge is 0.328 e. The van der Waals surface area contributed by atoms with Crippen LogP contribution >= 0.6 is 0 Å². The Kier molecular flexibility index (Phi) is 4.44. The highest BCUT2D eigenvalue weighted by Gasteiger charge is 2.18. The summed E-state index contributed by atoms with van der Waals surface area (Å²) >= 11 is 0. The second kappa shape index (κ2) is 6.27. The van der Waals surface area contributed by atoms with Crippen LogP contribution < -0.4 is 9.47 Å². The zero-order valence-electron chi connectivity index (χ0n) is 11.0. The Morgan fingerprint density at radius 2 is 2.26 bits per heavy atom. The molecule has 19 heavy (non-hydrogen) atoms. The van der Waals surface area contributed by atoms with Gasteiger partial charge in [-0.15, -0.1) is 0 Å². The molecule has 0 saturated heterocycles. The van der Waals surface area contributed by atoms with Gasteiger partial charge in [0.25, 0.3) is 0 Å². The lowest BCUT2D eigenvalue weighted by Gasteiger charge is -2.25. The van der Waals surface area contributed by atoms with Crippen molar-refractivity contribution in [1.29, 1.82) is 0 Å². The number of hydrogen-bond donors (Lipinski definition) is 1. The van der Waals surface area contributed by atoms with Crippen LogP contribution in [0.2, 0.25) is 0 Å². The summed E-state index contributed by atoms with van der Waals surface area (Å²) in [5.41, 5.74) is 0.752. The van der Waals surface area contributed by atoms with Crippen molar-refractivity contribution in [1.82, 2.24) is 0 Å². The maximum Gasteiger partial charge on any atom is 0.328 e. The summed E-state index contributed by atoms with van der Waals surface area (Å²) in [6, 6.07) is 5.38. The summed E-state index contributed by atoms with van der Waals surface area (Å²) in [6.45, 7) is 0.682. The van der Waals surface area contributed by atoms with Gasteiger partial charge in [-0.3, -0.25) is 0 Å². The minimum absolute atomic E-state index is 0.627. The minimum atomic E-state index is -0.972. The van der Waals surface area contributed by atoms with E-state index in [4.69, 9.17) is 14.6 Å². The molecule has 0 atom stereocenters. The Hall–Kier alpha value is -1.97. The molecule has 1 fully saturated rings. The lowest BCUT2D eigenvalue weighted by Crippen LogP contribution is -2.19. The molecular formula is C15H18O4. The molecule has 102 valence electrons. The van der Waals surface area contributed by atoms with E-state index < -0.39 is 5.97 Å². The lowest BCUT2D eigenvalue weighted by molar-refractivity contribution is -0.131. The largest absolute Gasteiger partial charge is 0.497 e. The van der Waals surface area contributed by atoms with Crippen LogP contribution in [-0.4, -0.2) is 24.8 Å². The highest BCUT2D eigenvalue weighted by molar-refractivity contribution is 5.86. The molecule has 0 unspecified atom stereocenters. The summed E-state index contributed by atoms with van der Waals surface area (Å²) in [5.74, 6) is 1.03. The van der Waals surface area contributed by atoms with Gasteiger partial charge in [-0.25, -0.2) is 4.79 Å². The highest BCUT2D eigenvalue weighted by atomic mass is 16.5. The van der Waals surface area contributed by atoms with E-state index in [9.17, 15) is 4.79 Å². The Labute approximate surface area is 112 Å². The Bertz CT molecular complexity index is 475. The van der Waals surface area contributed by atoms with Crippen molar-refractivity contribution in [2.75, 3.05) is 13.7 Å². The molecule has 1 aliphatic carbocycles. The Balaban J connectivity index is 2.12. The fraction of sp³-hybridized carbons (Fsp3) is 0.400. The van der Waals surface area contributed by atoms with E-state index in [1.807, 2.05) is 0 Å². The van der Waals surface area contributed by atoms with Crippen molar-refractivity contribution in [2.45, 2.75) is 19.3 Å². The molecule has 1 aliphatic rings. The van der Waals surface area contributed by atoms with Crippen molar-refractivity contribution in [3.63, 3.8) is 0 Å². The van der Waals surface area contributed by atoms with Gasteiger partial charge in [0, 0.05) is 17.7 Å². The molecule has 0 aliphatic heterocycles. The molecule has 1 N–H and O–H groups in total. The van der Waals surface area contributed by atoms with Gasteiger partial charge in [-0.1, -0.05) is 6.42 Å². The SMILES string of the molecule is COc1ccc(C=CC(=O)O)c(OCC2CCC2)c1. The normalized spacial score (nSPS) is 15.2. The van der Waals surface area contributed by atoms with Crippen molar-refractivity contribution in [2.24, 2.45) is 5.92 Å². The molecule has 2 rings (SSSR count). The van der Waals surface area contributed by atoms with E-state index in [-0.39, 0.29) is 0 Å². The first-order chi connectivity index (χ1) is 9.19. The van der Waals surface area contributed by atoms with Crippen LogP contribution in [0.25, 0.3) is 6.08 Å². The monoisotopic (exact) mass is 262 g/mol. The first-order valence-electron chi connectivity index (χ1n) is 6.41. The van der Waals surface area contributed by atoms with Gasteiger partial charge >= 0.3 is 5.97 Å². The van der Waals surface area contributed by atoms with Crippen LogP contribution in [-0.2, 0) is 4.79 Å². The predicted molar refractivity (Wildman–Crippen MR) is 72.5 cm³/mol. The summed E-state index contributed by atoms with van der Waals surface area (Å²) in [6.07, 6.45) is 6.35. The maximum absolute atomic E-state index is 10.6. The predicted octanol–water partition coefficient (Wildman–Crippen LogP) is 2.97. The lowest BCUT2D eigenvalue weighted by atomic mass is 9.86. The molecule has 1 saturated carbocycles. The number of aliphatic carboxylic acids is 1. The van der Waals surface area contributed by atoms with Crippen LogP contribution in [0, 0.1) is 5.92 Å². The van der Waals surface area contributed by atoms with E-state index in [1.54, 1.807) is 25.3 Å². The van der Waals surface area contributed by atoms with E-state index >= 15 is 0 Å². The van der Waals surface area contributed by atoms with E-state index in [2.05, 4.69) is 0 Å². The number of ether oxygens (including phenoxy) is 2. The maximum atomic E-state index is 10.6. The fourth-order valence-corrected chi connectivity index (χ4v) is 1.93. The second-order valence-corrected chi connectivity index (χ2v) is 4.68. The summed E-state index contributed by atoms with van der Waals surface area (Å²) in [4.78, 5) is 10.6. The van der Waals surface area contributed by atoms with Gasteiger partial charge in [0.15, 0.2) is 0 Å². The van der Waals surface area contributed by atoms with Crippen LogP contribution in [0.4, 0.5) is 0 Å². The zero-order chi connectivity index (χ0) is 13.7. The molecule has 1 aromatic rings. The molecular weight excluding hydrogens is 244 g/mol. The fourth-order valence-electron chi connectivity index (χ4n) is 1.93. The standard InChI is InChI=1S/C15H18O4/c1-18-13-7-5-12(6-8-15(16)17)14(9-13)19-10-11-3-2-4-11/h5-9,11H,2-4,10H2,1H3,(H,16,17). The zero-order valence-corrected chi connectivity index (χ0v) is 11.0. The number of rotatable bonds is 6. The summed E-state index contributed by atoms with van der Waals surface area (Å²) in [5, 5.41) is 8.68. The number of carboxylic acids is 1. The van der Waals surface area contributed by atoms with Gasteiger partial charge < -0.3 is 14.6 Å². The van der Waals surface area contributed by atoms with Gasteiger partial charge in [0.1, 0.15) is 11.5 Å². The number of carboxylic acid groups (broad SMARTS) is 1. The van der Waals surface area contributed by atoms with Gasteiger partial charge in [0.2, 0.25) is 0 Å². The molecule has 0 amide bonds. The molecule has 4 nitrogen and oxygen atoms in total. The van der Waals surface area contributed by atoms with Crippen LogP contribution in [0.1, 0.15) is 24.8 Å². The topological polar surface area (TPSA) is 55.8 Å². The van der Waals surface area contributed by atoms with Gasteiger partial charge in [-0.05, 0) is 37.0 Å². The van der Waals surface area contributed by atoms with Crippen molar-refractivity contribution < 1.29 is 19.4 Å². The molecule has 0 spiro atoms. The third-order valence-corrected chi connectivity index (χ3v) is 3.33. The van der Waals surface area contributed by atoms with Crippen LogP contribution in [0.5, 0.6) is 11.5 Å². The summed E-state index contributed by atoms with van der Waals surface area (Å²) < 4.78 is 11.0. The van der Waals surface area contributed by atoms with E-state index in [0.717, 1.165) is 11.6 Å². The average molecular weight is 262 g/mol. The van der Waals surface area contributed by atoms with E-state index in [0.29, 0.717) is 24.0 Å². The molecule has 0 radical (unpaired) electrons. The average Bonchev–Trinajstić information content (AvgIpc) is 2.35. The highest BCUT2D eigenvalue weighted by Crippen LogP contribution is 2.30. The quantitative estimate of drug-likeness (QED) is 0.801. The number of carbonyl (C=O) groups is 1. The van der Waals surface area contributed by atoms with Gasteiger partial charge in [-0.2, -0.15) is 0 Å². The van der Waals surface area contributed by atoms with Crippen molar-refractivity contribution in [3.05, 3.63) is 29.8 Å². The van der Waals surface area contributed by atoms with Crippen LogP contribution in [0.3, 0.4) is 0 Å². The molecule has 1 aromatic carbocycles. The van der Waals surface area contributed by atoms with E-state index in [1.165, 1.54) is 25.3 Å². The Morgan fingerprint density at radius 1 is 1.47 bits per heavy atom. The minimum Gasteiger partial charge on any atom is -0.497 e. The summed E-state index contributed by atoms with van der Waals surface area (Å²) in [7, 11) is 1.60. The molecule has 0 bridgehead atoms. The molecule has 4 heteroatoms.